The minimum Gasteiger partial charge on any atom is -0.359 e. The Morgan fingerprint density at radius 1 is 0.947 bits per heavy atom. The minimum absolute atomic E-state index is 0. The van der Waals surface area contributed by atoms with E-state index in [0.717, 1.165) is 11.6 Å². The van der Waals surface area contributed by atoms with Crippen LogP contribution in [-0.2, 0) is 32.7 Å². The van der Waals surface area contributed by atoms with Gasteiger partial charge in [0.05, 0.1) is 0 Å². The van der Waals surface area contributed by atoms with Gasteiger partial charge in [0.1, 0.15) is 0 Å². The van der Waals surface area contributed by atoms with Crippen molar-refractivity contribution in [2.24, 2.45) is 28.0 Å². The van der Waals surface area contributed by atoms with Crippen molar-refractivity contribution in [2.75, 3.05) is 0 Å². The molecule has 3 heteroatoms. The molecule has 0 saturated heterocycles. The van der Waals surface area contributed by atoms with Crippen LogP contribution in [0.1, 0.15) is 66.2 Å². The van der Waals surface area contributed by atoms with Crippen LogP contribution in [0.4, 0.5) is 0 Å². The summed E-state index contributed by atoms with van der Waals surface area (Å²) in [6.45, 7) is 12.7. The molecule has 1 heterocycles. The largest absolute Gasteiger partial charge is 0.359 e. The zero-order valence-corrected chi connectivity index (χ0v) is 16.0. The van der Waals surface area contributed by atoms with Crippen LogP contribution < -0.4 is 0 Å². The van der Waals surface area contributed by atoms with Crippen LogP contribution in [0.5, 0.6) is 0 Å². The number of rotatable bonds is 0. The van der Waals surface area contributed by atoms with Crippen LogP contribution in [0.3, 0.4) is 0 Å². The maximum atomic E-state index is 4.21. The first kappa shape index (κ1) is 19.3. The van der Waals surface area contributed by atoms with Crippen LogP contribution in [0.2, 0.25) is 0 Å². The Morgan fingerprint density at radius 3 is 1.95 bits per heavy atom. The van der Waals surface area contributed by atoms with Crippen LogP contribution in [0.15, 0.2) is 10.2 Å². The second-order valence-corrected chi connectivity index (χ2v) is 6.27. The Hall–Kier alpha value is 0.314. The second kappa shape index (κ2) is 10.1. The first-order valence-corrected chi connectivity index (χ1v) is 7.46. The van der Waals surface area contributed by atoms with Crippen molar-refractivity contribution in [1.82, 2.24) is 0 Å². The topological polar surface area (TPSA) is 24.7 Å². The van der Waals surface area contributed by atoms with Gasteiger partial charge in [-0.15, -0.1) is 0 Å². The van der Waals surface area contributed by atoms with Crippen molar-refractivity contribution < 1.29 is 32.7 Å². The van der Waals surface area contributed by atoms with Gasteiger partial charge in [-0.25, -0.2) is 0 Å². The molecule has 2 unspecified atom stereocenters. The van der Waals surface area contributed by atoms with E-state index in [2.05, 4.69) is 44.8 Å². The Bertz CT molecular complexity index is 277. The molecule has 2 nitrogen and oxygen atoms in total. The van der Waals surface area contributed by atoms with Crippen molar-refractivity contribution in [2.45, 2.75) is 66.2 Å². The second-order valence-electron chi connectivity index (χ2n) is 6.27. The summed E-state index contributed by atoms with van der Waals surface area (Å²) in [7, 11) is 0. The molecule has 19 heavy (non-hydrogen) atoms. The molecule has 1 saturated carbocycles. The van der Waals surface area contributed by atoms with E-state index in [0.29, 0.717) is 11.8 Å². The van der Waals surface area contributed by atoms with E-state index in [1.165, 1.54) is 44.2 Å². The van der Waals surface area contributed by atoms with Crippen molar-refractivity contribution in [1.29, 1.82) is 0 Å². The number of nitrogens with zero attached hydrogens (tertiary/aromatic N) is 2. The standard InChI is InChI=1S/C12H19N2.C4H10.Y/c1-9-11-7-5-3-4-6-8-12(11)10(2)14-13-9;1-4(2)3;/h11-12H,1,3-8H2,2H3;4H,1-3H3;/q-1;;. The zero-order valence-electron chi connectivity index (χ0n) is 13.2. The normalized spacial score (nSPS) is 26.6. The summed E-state index contributed by atoms with van der Waals surface area (Å²) < 4.78 is 0. The molecule has 2 atom stereocenters. The average molecular weight is 338 g/mol. The molecule has 2 aliphatic rings. The molecule has 0 bridgehead atoms. The van der Waals surface area contributed by atoms with Gasteiger partial charge in [0.25, 0.3) is 0 Å². The molecule has 0 amide bonds. The number of hydrogen-bond acceptors (Lipinski definition) is 2. The van der Waals surface area contributed by atoms with Gasteiger partial charge in [0, 0.05) is 44.3 Å². The monoisotopic (exact) mass is 338 g/mol. The summed E-state index contributed by atoms with van der Waals surface area (Å²) in [5.74, 6) is 2.06. The van der Waals surface area contributed by atoms with Crippen LogP contribution in [0.25, 0.3) is 0 Å². The molecule has 0 aromatic rings. The third kappa shape index (κ3) is 7.04. The van der Waals surface area contributed by atoms with E-state index in [-0.39, 0.29) is 32.7 Å². The molecular formula is C16H29N2Y-. The fourth-order valence-electron chi connectivity index (χ4n) is 2.67. The fraction of sp³-hybridized carbons (Fsp3) is 0.812. The summed E-state index contributed by atoms with van der Waals surface area (Å²) in [6, 6.07) is 0. The first-order valence-electron chi connectivity index (χ1n) is 7.46. The van der Waals surface area contributed by atoms with Gasteiger partial charge in [-0.3, -0.25) is 0 Å². The van der Waals surface area contributed by atoms with Gasteiger partial charge in [-0.05, 0) is 31.6 Å². The Kier molecular flexibility index (Phi) is 10.3. The summed E-state index contributed by atoms with van der Waals surface area (Å²) in [5, 5.41) is 8.37. The number of fused-ring (bicyclic) bond motifs is 1. The molecule has 0 N–H and O–H groups in total. The molecule has 0 aromatic heterocycles. The van der Waals surface area contributed by atoms with Crippen molar-refractivity contribution in [3.8, 4) is 0 Å². The van der Waals surface area contributed by atoms with E-state index < -0.39 is 0 Å². The molecule has 107 valence electrons. The van der Waals surface area contributed by atoms with Gasteiger partial charge in [-0.2, -0.15) is 10.2 Å². The maximum absolute atomic E-state index is 4.21. The molecule has 1 aliphatic heterocycles. The molecule has 1 radical (unpaired) electrons. The van der Waals surface area contributed by atoms with Crippen LogP contribution in [0, 0.1) is 24.7 Å². The molecule has 2 rings (SSSR count). The van der Waals surface area contributed by atoms with Crippen molar-refractivity contribution >= 4 is 11.4 Å². The van der Waals surface area contributed by atoms with E-state index in [4.69, 9.17) is 0 Å². The molecule has 0 spiro atoms. The third-order valence-corrected chi connectivity index (χ3v) is 3.57. The smallest absolute Gasteiger partial charge is 0.0410 e. The quantitative estimate of drug-likeness (QED) is 0.562. The Morgan fingerprint density at radius 2 is 1.42 bits per heavy atom. The van der Waals surface area contributed by atoms with E-state index in [1.807, 2.05) is 0 Å². The third-order valence-electron chi connectivity index (χ3n) is 3.57. The van der Waals surface area contributed by atoms with Crippen molar-refractivity contribution in [3.63, 3.8) is 0 Å². The van der Waals surface area contributed by atoms with E-state index in [9.17, 15) is 0 Å². The minimum atomic E-state index is 0. The SMILES string of the molecule is CC(C)C.[CH2-]C1=NN=C(C)C2CCCCCCC12.[Y]. The molecule has 0 aromatic carbocycles. The predicted octanol–water partition coefficient (Wildman–Crippen LogP) is 4.90. The number of hydrogen-bond donors (Lipinski definition) is 0. The van der Waals surface area contributed by atoms with Crippen LogP contribution in [-0.4, -0.2) is 11.4 Å². The Balaban J connectivity index is 0.000000576. The van der Waals surface area contributed by atoms with Gasteiger partial charge < -0.3 is 6.92 Å². The van der Waals surface area contributed by atoms with Gasteiger partial charge in [-0.1, -0.05) is 52.2 Å². The van der Waals surface area contributed by atoms with Gasteiger partial charge in [0.15, 0.2) is 0 Å². The van der Waals surface area contributed by atoms with Gasteiger partial charge in [0.2, 0.25) is 0 Å². The van der Waals surface area contributed by atoms with Crippen LogP contribution >= 0.6 is 0 Å². The molecular weight excluding hydrogens is 309 g/mol. The molecule has 1 aliphatic carbocycles. The van der Waals surface area contributed by atoms with Gasteiger partial charge >= 0.3 is 0 Å². The Labute approximate surface area is 144 Å². The average Bonchev–Trinajstić information content (AvgIpc) is 2.23. The van der Waals surface area contributed by atoms with E-state index in [1.54, 1.807) is 0 Å². The fourth-order valence-corrected chi connectivity index (χ4v) is 2.67. The first-order chi connectivity index (χ1) is 8.52. The summed E-state index contributed by atoms with van der Waals surface area (Å²) in [6.07, 6.45) is 8.01. The summed E-state index contributed by atoms with van der Waals surface area (Å²) in [4.78, 5) is 0. The molecule has 1 fully saturated rings. The maximum Gasteiger partial charge on any atom is 0.0410 e. The summed E-state index contributed by atoms with van der Waals surface area (Å²) in [5.41, 5.74) is 2.24. The summed E-state index contributed by atoms with van der Waals surface area (Å²) >= 11 is 0. The predicted molar refractivity (Wildman–Crippen MR) is 81.1 cm³/mol. The zero-order chi connectivity index (χ0) is 13.5. The van der Waals surface area contributed by atoms with Crippen molar-refractivity contribution in [3.05, 3.63) is 6.92 Å². The van der Waals surface area contributed by atoms with E-state index >= 15 is 0 Å².